The highest BCUT2D eigenvalue weighted by molar-refractivity contribution is 5.18. The van der Waals surface area contributed by atoms with Gasteiger partial charge in [-0.1, -0.05) is 30.3 Å². The van der Waals surface area contributed by atoms with E-state index in [9.17, 15) is 10.2 Å². The van der Waals surface area contributed by atoms with Crippen LogP contribution in [-0.4, -0.2) is 35.0 Å². The summed E-state index contributed by atoms with van der Waals surface area (Å²) in [6.07, 6.45) is 0.450. The minimum atomic E-state index is -0.966. The molecule has 0 bridgehead atoms. The van der Waals surface area contributed by atoms with Crippen molar-refractivity contribution in [1.82, 2.24) is 5.32 Å². The second kappa shape index (κ2) is 4.31. The first-order valence-electron chi connectivity index (χ1n) is 5.36. The second-order valence-corrected chi connectivity index (χ2v) is 4.24. The summed E-state index contributed by atoms with van der Waals surface area (Å²) in [5.41, 5.74) is 0.105. The first-order chi connectivity index (χ1) is 7.21. The van der Waals surface area contributed by atoms with Crippen molar-refractivity contribution in [1.29, 1.82) is 0 Å². The normalized spacial score (nSPS) is 31.5. The van der Waals surface area contributed by atoms with Gasteiger partial charge in [-0.25, -0.2) is 0 Å². The van der Waals surface area contributed by atoms with E-state index in [2.05, 4.69) is 5.32 Å². The van der Waals surface area contributed by atoms with E-state index in [1.807, 2.05) is 30.3 Å². The summed E-state index contributed by atoms with van der Waals surface area (Å²) >= 11 is 0. The lowest BCUT2D eigenvalue weighted by molar-refractivity contribution is -0.0911. The first kappa shape index (κ1) is 10.6. The lowest BCUT2D eigenvalue weighted by Gasteiger charge is -2.37. The minimum absolute atomic E-state index is 0.476. The maximum absolute atomic E-state index is 10.3. The van der Waals surface area contributed by atoms with Gasteiger partial charge in [-0.2, -0.15) is 0 Å². The number of aliphatic hydroxyl groups is 2. The fourth-order valence-corrected chi connectivity index (χ4v) is 2.06. The molecule has 0 amide bonds. The Kier molecular flexibility index (Phi) is 3.05. The number of aliphatic hydroxyl groups excluding tert-OH is 1. The van der Waals surface area contributed by atoms with Gasteiger partial charge in [0, 0.05) is 13.0 Å². The highest BCUT2D eigenvalue weighted by atomic mass is 16.3. The molecule has 0 spiro atoms. The molecule has 0 radical (unpaired) electrons. The predicted molar refractivity (Wildman–Crippen MR) is 58.6 cm³/mol. The van der Waals surface area contributed by atoms with Crippen molar-refractivity contribution in [3.63, 3.8) is 0 Å². The number of rotatable bonds is 2. The monoisotopic (exact) mass is 207 g/mol. The minimum Gasteiger partial charge on any atom is -0.389 e. The zero-order valence-electron chi connectivity index (χ0n) is 8.69. The van der Waals surface area contributed by atoms with Crippen molar-refractivity contribution in [3.05, 3.63) is 35.9 Å². The van der Waals surface area contributed by atoms with Gasteiger partial charge in [-0.05, 0) is 18.5 Å². The summed E-state index contributed by atoms with van der Waals surface area (Å²) in [7, 11) is 0. The summed E-state index contributed by atoms with van der Waals surface area (Å²) in [6.45, 7) is 1.24. The van der Waals surface area contributed by atoms with Crippen LogP contribution in [0, 0.1) is 0 Å². The standard InChI is InChI=1S/C12H17NO2/c14-11-9-13-7-6-12(11,15)8-10-4-2-1-3-5-10/h1-5,11,13-15H,6-9H2/t11-,12?/m1/s1. The van der Waals surface area contributed by atoms with Crippen LogP contribution in [0.4, 0.5) is 0 Å². The molecule has 0 aliphatic carbocycles. The summed E-state index contributed by atoms with van der Waals surface area (Å²) in [5, 5.41) is 23.1. The molecule has 15 heavy (non-hydrogen) atoms. The highest BCUT2D eigenvalue weighted by Gasteiger charge is 2.37. The van der Waals surface area contributed by atoms with Crippen molar-refractivity contribution >= 4 is 0 Å². The average Bonchev–Trinajstić information content (AvgIpc) is 2.24. The Balaban J connectivity index is 2.09. The van der Waals surface area contributed by atoms with Crippen LogP contribution < -0.4 is 5.32 Å². The maximum Gasteiger partial charge on any atom is 0.0970 e. The molecule has 0 aromatic heterocycles. The topological polar surface area (TPSA) is 52.5 Å². The molecule has 1 saturated heterocycles. The smallest absolute Gasteiger partial charge is 0.0970 e. The molecule has 3 heteroatoms. The Morgan fingerprint density at radius 2 is 2.07 bits per heavy atom. The van der Waals surface area contributed by atoms with Gasteiger partial charge in [0.1, 0.15) is 0 Å². The zero-order valence-corrected chi connectivity index (χ0v) is 8.69. The zero-order chi connectivity index (χ0) is 10.7. The van der Waals surface area contributed by atoms with Crippen LogP contribution in [-0.2, 0) is 6.42 Å². The fraction of sp³-hybridized carbons (Fsp3) is 0.500. The third-order valence-electron chi connectivity index (χ3n) is 3.05. The van der Waals surface area contributed by atoms with Crippen LogP contribution in [0.3, 0.4) is 0 Å². The van der Waals surface area contributed by atoms with Gasteiger partial charge in [0.2, 0.25) is 0 Å². The summed E-state index contributed by atoms with van der Waals surface area (Å²) in [4.78, 5) is 0. The van der Waals surface area contributed by atoms with E-state index in [0.717, 1.165) is 12.1 Å². The number of β-amino-alcohol motifs (C(OH)–C–C–N with tert-alkyl or cyclic N) is 1. The van der Waals surface area contributed by atoms with E-state index >= 15 is 0 Å². The van der Waals surface area contributed by atoms with Gasteiger partial charge < -0.3 is 15.5 Å². The van der Waals surface area contributed by atoms with Crippen LogP contribution in [0.25, 0.3) is 0 Å². The van der Waals surface area contributed by atoms with Gasteiger partial charge in [0.25, 0.3) is 0 Å². The van der Waals surface area contributed by atoms with E-state index in [0.29, 0.717) is 19.4 Å². The molecular formula is C12H17NO2. The van der Waals surface area contributed by atoms with E-state index < -0.39 is 11.7 Å². The van der Waals surface area contributed by atoms with E-state index in [1.54, 1.807) is 0 Å². The largest absolute Gasteiger partial charge is 0.389 e. The Labute approximate surface area is 89.8 Å². The van der Waals surface area contributed by atoms with Gasteiger partial charge in [-0.3, -0.25) is 0 Å². The van der Waals surface area contributed by atoms with Crippen LogP contribution in [0.5, 0.6) is 0 Å². The lowest BCUT2D eigenvalue weighted by atomic mass is 9.84. The molecule has 1 aromatic carbocycles. The highest BCUT2D eigenvalue weighted by Crippen LogP contribution is 2.23. The first-order valence-corrected chi connectivity index (χ1v) is 5.36. The Morgan fingerprint density at radius 1 is 1.33 bits per heavy atom. The van der Waals surface area contributed by atoms with Gasteiger partial charge in [-0.15, -0.1) is 0 Å². The van der Waals surface area contributed by atoms with Crippen LogP contribution in [0.2, 0.25) is 0 Å². The van der Waals surface area contributed by atoms with E-state index in [-0.39, 0.29) is 0 Å². The molecule has 82 valence electrons. The summed E-state index contributed by atoms with van der Waals surface area (Å²) in [5.74, 6) is 0. The number of hydrogen-bond donors (Lipinski definition) is 3. The Bertz CT molecular complexity index is 315. The quantitative estimate of drug-likeness (QED) is 0.654. The third kappa shape index (κ3) is 2.37. The Morgan fingerprint density at radius 3 is 2.73 bits per heavy atom. The van der Waals surface area contributed by atoms with Crippen molar-refractivity contribution in [2.24, 2.45) is 0 Å². The number of benzene rings is 1. The molecule has 1 aromatic rings. The van der Waals surface area contributed by atoms with Gasteiger partial charge >= 0.3 is 0 Å². The van der Waals surface area contributed by atoms with Crippen molar-refractivity contribution in [2.75, 3.05) is 13.1 Å². The number of piperidine rings is 1. The molecule has 1 unspecified atom stereocenters. The van der Waals surface area contributed by atoms with E-state index in [4.69, 9.17) is 0 Å². The molecule has 2 atom stereocenters. The molecule has 3 nitrogen and oxygen atoms in total. The third-order valence-corrected chi connectivity index (χ3v) is 3.05. The molecule has 2 rings (SSSR count). The maximum atomic E-state index is 10.3. The molecule has 1 heterocycles. The molecule has 1 fully saturated rings. The van der Waals surface area contributed by atoms with Crippen molar-refractivity contribution in [3.8, 4) is 0 Å². The second-order valence-electron chi connectivity index (χ2n) is 4.24. The van der Waals surface area contributed by atoms with E-state index in [1.165, 1.54) is 0 Å². The molecule has 1 aliphatic rings. The molecule has 0 saturated carbocycles. The molecule has 3 N–H and O–H groups in total. The number of hydrogen-bond acceptors (Lipinski definition) is 3. The fourth-order valence-electron chi connectivity index (χ4n) is 2.06. The number of nitrogens with one attached hydrogen (secondary N) is 1. The summed E-state index contributed by atoms with van der Waals surface area (Å²) in [6, 6.07) is 9.81. The van der Waals surface area contributed by atoms with Crippen molar-refractivity contribution in [2.45, 2.75) is 24.5 Å². The predicted octanol–water partition coefficient (Wildman–Crippen LogP) is 0.314. The van der Waals surface area contributed by atoms with Crippen LogP contribution >= 0.6 is 0 Å². The molecule has 1 aliphatic heterocycles. The SMILES string of the molecule is O[C@@H]1CNCCC1(O)Cc1ccccc1. The van der Waals surface area contributed by atoms with Crippen molar-refractivity contribution < 1.29 is 10.2 Å². The van der Waals surface area contributed by atoms with Crippen LogP contribution in [0.15, 0.2) is 30.3 Å². The lowest BCUT2D eigenvalue weighted by Crippen LogP contribution is -2.55. The van der Waals surface area contributed by atoms with Crippen LogP contribution in [0.1, 0.15) is 12.0 Å². The average molecular weight is 207 g/mol. The molecular weight excluding hydrogens is 190 g/mol. The van der Waals surface area contributed by atoms with Gasteiger partial charge in [0.05, 0.1) is 11.7 Å². The van der Waals surface area contributed by atoms with Gasteiger partial charge in [0.15, 0.2) is 0 Å². The Hall–Kier alpha value is -0.900. The summed E-state index contributed by atoms with van der Waals surface area (Å²) < 4.78 is 0.